The summed E-state index contributed by atoms with van der Waals surface area (Å²) in [6, 6.07) is 16.0. The molecule has 0 spiro atoms. The molecule has 0 bridgehead atoms. The lowest BCUT2D eigenvalue weighted by Gasteiger charge is -2.27. The maximum Gasteiger partial charge on any atom is 0.384 e. The van der Waals surface area contributed by atoms with E-state index in [-0.39, 0.29) is 11.7 Å². The van der Waals surface area contributed by atoms with Gasteiger partial charge < -0.3 is 9.92 Å². The Morgan fingerprint density at radius 3 is 2.29 bits per heavy atom. The molecule has 11 heteroatoms. The number of hydrogen-bond acceptors (Lipinski definition) is 7. The number of carbonyl (C=O) groups excluding carboxylic acids is 1. The van der Waals surface area contributed by atoms with Crippen molar-refractivity contribution < 1.29 is 21.8 Å². The Kier molecular flexibility index (Phi) is 5.84. The van der Waals surface area contributed by atoms with E-state index >= 15 is 0 Å². The van der Waals surface area contributed by atoms with Gasteiger partial charge in [-0.1, -0.05) is 30.3 Å². The molecule has 0 radical (unpaired) electrons. The zero-order valence-electron chi connectivity index (χ0n) is 18.6. The SMILES string of the molecule is CN1C(=O)C(c2cccc(OS(=O)(=O)N(C)C)c2)(c2cccc(-c3ccc(F)nc3)c2)N=C1N. The third kappa shape index (κ3) is 3.99. The van der Waals surface area contributed by atoms with Crippen molar-refractivity contribution in [1.29, 1.82) is 0 Å². The Morgan fingerprint density at radius 1 is 1.03 bits per heavy atom. The van der Waals surface area contributed by atoms with Crippen LogP contribution in [0.3, 0.4) is 0 Å². The molecule has 0 saturated heterocycles. The number of halogens is 1. The number of hydrogen-bond donors (Lipinski definition) is 1. The van der Waals surface area contributed by atoms with E-state index in [1.165, 1.54) is 50.4 Å². The Morgan fingerprint density at radius 2 is 1.71 bits per heavy atom. The maximum atomic E-state index is 13.5. The average Bonchev–Trinajstić information content (AvgIpc) is 3.04. The number of benzene rings is 2. The highest BCUT2D eigenvalue weighted by Crippen LogP contribution is 2.41. The molecule has 1 aliphatic heterocycles. The number of nitrogens with zero attached hydrogens (tertiary/aromatic N) is 4. The first-order valence-electron chi connectivity index (χ1n) is 10.1. The molecule has 34 heavy (non-hydrogen) atoms. The lowest BCUT2D eigenvalue weighted by molar-refractivity contribution is -0.129. The molecule has 1 aliphatic rings. The highest BCUT2D eigenvalue weighted by molar-refractivity contribution is 7.84. The Labute approximate surface area is 196 Å². The summed E-state index contributed by atoms with van der Waals surface area (Å²) in [5.74, 6) is -1.01. The Bertz CT molecular complexity index is 1390. The number of guanidine groups is 1. The zero-order valence-corrected chi connectivity index (χ0v) is 19.5. The largest absolute Gasteiger partial charge is 0.384 e. The quantitative estimate of drug-likeness (QED) is 0.537. The molecule has 1 aromatic heterocycles. The van der Waals surface area contributed by atoms with E-state index in [2.05, 4.69) is 9.98 Å². The predicted molar refractivity (Wildman–Crippen MR) is 124 cm³/mol. The van der Waals surface area contributed by atoms with Gasteiger partial charge in [0.25, 0.3) is 5.91 Å². The lowest BCUT2D eigenvalue weighted by Crippen LogP contribution is -2.41. The first kappa shape index (κ1) is 23.3. The second kappa shape index (κ2) is 8.50. The molecule has 0 saturated carbocycles. The number of rotatable bonds is 6. The molecule has 2 heterocycles. The number of amides is 1. The van der Waals surface area contributed by atoms with Crippen LogP contribution >= 0.6 is 0 Å². The molecule has 0 aliphatic carbocycles. The van der Waals surface area contributed by atoms with Crippen LogP contribution in [0.2, 0.25) is 0 Å². The predicted octanol–water partition coefficient (Wildman–Crippen LogP) is 2.10. The van der Waals surface area contributed by atoms with Crippen molar-refractivity contribution in [3.63, 3.8) is 0 Å². The lowest BCUT2D eigenvalue weighted by atomic mass is 9.81. The fourth-order valence-corrected chi connectivity index (χ4v) is 4.12. The molecule has 3 aromatic rings. The summed E-state index contributed by atoms with van der Waals surface area (Å²) >= 11 is 0. The van der Waals surface area contributed by atoms with E-state index in [1.807, 2.05) is 0 Å². The summed E-state index contributed by atoms with van der Waals surface area (Å²) < 4.78 is 43.9. The second-order valence-electron chi connectivity index (χ2n) is 7.85. The van der Waals surface area contributed by atoms with Crippen molar-refractivity contribution in [2.45, 2.75) is 5.54 Å². The summed E-state index contributed by atoms with van der Waals surface area (Å²) in [4.78, 5) is 23.0. The van der Waals surface area contributed by atoms with Crippen LogP contribution in [0.1, 0.15) is 11.1 Å². The standard InChI is InChI=1S/C23H22FN5O4S/c1-28(2)34(31,32)33-19-9-5-8-18(13-19)23(21(30)29(3)22(25)27-23)17-7-4-6-15(12-17)16-10-11-20(24)26-14-16/h4-14H,1-3H3,(H2,25,27). The topological polar surface area (TPSA) is 118 Å². The van der Waals surface area contributed by atoms with Gasteiger partial charge in [-0.3, -0.25) is 9.69 Å². The number of likely N-dealkylation sites (N-methyl/N-ethyl adjacent to an activating group) is 1. The van der Waals surface area contributed by atoms with Gasteiger partial charge in [-0.05, 0) is 47.0 Å². The van der Waals surface area contributed by atoms with Gasteiger partial charge in [0.15, 0.2) is 11.5 Å². The molecule has 0 fully saturated rings. The molecule has 9 nitrogen and oxygen atoms in total. The first-order valence-corrected chi connectivity index (χ1v) is 11.5. The zero-order chi connectivity index (χ0) is 24.7. The summed E-state index contributed by atoms with van der Waals surface area (Å²) in [5, 5.41) is 0. The van der Waals surface area contributed by atoms with Crippen LogP contribution in [0.4, 0.5) is 4.39 Å². The van der Waals surface area contributed by atoms with Crippen LogP contribution in [-0.2, 0) is 20.6 Å². The van der Waals surface area contributed by atoms with Gasteiger partial charge in [0, 0.05) is 32.9 Å². The first-order chi connectivity index (χ1) is 16.0. The molecule has 1 amide bonds. The molecule has 2 N–H and O–H groups in total. The van der Waals surface area contributed by atoms with Crippen molar-refractivity contribution in [1.82, 2.24) is 14.2 Å². The smallest absolute Gasteiger partial charge is 0.371 e. The molecule has 4 rings (SSSR count). The maximum absolute atomic E-state index is 13.5. The van der Waals surface area contributed by atoms with Crippen molar-refractivity contribution in [2.75, 3.05) is 21.1 Å². The number of carbonyl (C=O) groups is 1. The van der Waals surface area contributed by atoms with Crippen LogP contribution in [0.5, 0.6) is 5.75 Å². The normalized spacial score (nSPS) is 18.3. The number of pyridine rings is 1. The Balaban J connectivity index is 1.88. The number of aromatic nitrogens is 1. The second-order valence-corrected chi connectivity index (χ2v) is 9.60. The van der Waals surface area contributed by atoms with E-state index in [0.29, 0.717) is 22.3 Å². The van der Waals surface area contributed by atoms with Crippen LogP contribution in [-0.4, -0.2) is 55.6 Å². The minimum absolute atomic E-state index is 0.00564. The van der Waals surface area contributed by atoms with E-state index < -0.39 is 27.7 Å². The summed E-state index contributed by atoms with van der Waals surface area (Å²) in [6.45, 7) is 0. The summed E-state index contributed by atoms with van der Waals surface area (Å²) in [7, 11) is 0.178. The van der Waals surface area contributed by atoms with Gasteiger partial charge in [-0.25, -0.2) is 9.98 Å². The third-order valence-electron chi connectivity index (χ3n) is 5.48. The van der Waals surface area contributed by atoms with Gasteiger partial charge in [0.05, 0.1) is 0 Å². The average molecular weight is 484 g/mol. The van der Waals surface area contributed by atoms with Gasteiger partial charge >= 0.3 is 10.3 Å². The van der Waals surface area contributed by atoms with Crippen molar-refractivity contribution in [3.8, 4) is 16.9 Å². The highest BCUT2D eigenvalue weighted by atomic mass is 32.2. The van der Waals surface area contributed by atoms with Crippen LogP contribution in [0.15, 0.2) is 71.9 Å². The Hall–Kier alpha value is -3.83. The fraction of sp³-hybridized carbons (Fsp3) is 0.174. The van der Waals surface area contributed by atoms with Gasteiger partial charge in [0.1, 0.15) is 5.75 Å². The van der Waals surface area contributed by atoms with Gasteiger partial charge in [-0.15, -0.1) is 0 Å². The molecular weight excluding hydrogens is 461 g/mol. The number of nitrogens with two attached hydrogens (primary N) is 1. The van der Waals surface area contributed by atoms with Crippen molar-refractivity contribution >= 4 is 22.2 Å². The highest BCUT2D eigenvalue weighted by Gasteiger charge is 2.49. The summed E-state index contributed by atoms with van der Waals surface area (Å²) in [5.41, 5.74) is 6.63. The van der Waals surface area contributed by atoms with Gasteiger partial charge in [-0.2, -0.15) is 17.1 Å². The summed E-state index contributed by atoms with van der Waals surface area (Å²) in [6.07, 6.45) is 1.39. The molecule has 1 atom stereocenters. The molecule has 2 aromatic carbocycles. The van der Waals surface area contributed by atoms with E-state index in [9.17, 15) is 17.6 Å². The minimum Gasteiger partial charge on any atom is -0.371 e. The molecule has 1 unspecified atom stereocenters. The van der Waals surface area contributed by atoms with Crippen molar-refractivity contribution in [3.05, 3.63) is 83.9 Å². The van der Waals surface area contributed by atoms with Crippen LogP contribution in [0, 0.1) is 5.95 Å². The van der Waals surface area contributed by atoms with E-state index in [0.717, 1.165) is 4.31 Å². The molecule has 176 valence electrons. The molecular formula is C23H22FN5O4S. The van der Waals surface area contributed by atoms with E-state index in [1.54, 1.807) is 42.5 Å². The fourth-order valence-electron chi connectivity index (χ4n) is 3.62. The van der Waals surface area contributed by atoms with Gasteiger partial charge in [0.2, 0.25) is 5.95 Å². The monoisotopic (exact) mass is 483 g/mol. The number of aliphatic imine (C=N–C) groups is 1. The van der Waals surface area contributed by atoms with E-state index in [4.69, 9.17) is 9.92 Å². The minimum atomic E-state index is -4.02. The third-order valence-corrected chi connectivity index (χ3v) is 6.78. The van der Waals surface area contributed by atoms with Crippen molar-refractivity contribution in [2.24, 2.45) is 10.7 Å². The van der Waals surface area contributed by atoms with Crippen LogP contribution < -0.4 is 9.92 Å². The van der Waals surface area contributed by atoms with Crippen LogP contribution in [0.25, 0.3) is 11.1 Å².